The normalized spacial score (nSPS) is 29.3. The highest BCUT2D eigenvalue weighted by Gasteiger charge is 2.34. The number of aromatic nitrogens is 1. The number of ether oxygens (including phenoxy) is 1. The van der Waals surface area contributed by atoms with E-state index in [4.69, 9.17) is 4.74 Å². The van der Waals surface area contributed by atoms with Gasteiger partial charge in [0.15, 0.2) is 0 Å². The van der Waals surface area contributed by atoms with Crippen LogP contribution in [0.5, 0.6) is 5.75 Å². The summed E-state index contributed by atoms with van der Waals surface area (Å²) in [6, 6.07) is 2.00. The lowest BCUT2D eigenvalue weighted by Gasteiger charge is -2.37. The Labute approximate surface area is 158 Å². The molecule has 1 heterocycles. The summed E-state index contributed by atoms with van der Waals surface area (Å²) in [5, 5.41) is 0. The van der Waals surface area contributed by atoms with Crippen LogP contribution in [0.1, 0.15) is 70.4 Å². The van der Waals surface area contributed by atoms with Crippen molar-refractivity contribution in [2.75, 3.05) is 0 Å². The van der Waals surface area contributed by atoms with E-state index in [0.29, 0.717) is 5.92 Å². The number of nitrogens with zero attached hydrogens (tertiary/aromatic N) is 1. The Balaban J connectivity index is 1.46. The number of hydrogen-bond donors (Lipinski definition) is 0. The lowest BCUT2D eigenvalue weighted by molar-refractivity contribution is -0.141. The maximum Gasteiger partial charge on any atom is 0.433 e. The van der Waals surface area contributed by atoms with Gasteiger partial charge in [0, 0.05) is 0 Å². The van der Waals surface area contributed by atoms with E-state index >= 15 is 0 Å². The maximum atomic E-state index is 12.5. The largest absolute Gasteiger partial charge is 0.433 e. The predicted molar refractivity (Wildman–Crippen MR) is 96.1 cm³/mol. The van der Waals surface area contributed by atoms with Gasteiger partial charge in [0.05, 0.1) is 12.1 Å². The van der Waals surface area contributed by atoms with Crippen LogP contribution in [0.25, 0.3) is 0 Å². The molecule has 2 aliphatic carbocycles. The van der Waals surface area contributed by atoms with Gasteiger partial charge in [0.2, 0.25) is 0 Å². The van der Waals surface area contributed by atoms with Crippen molar-refractivity contribution in [3.05, 3.63) is 24.0 Å². The molecule has 27 heavy (non-hydrogen) atoms. The van der Waals surface area contributed by atoms with E-state index in [2.05, 4.69) is 11.9 Å². The Morgan fingerprint density at radius 3 is 2.11 bits per heavy atom. The molecule has 0 aromatic carbocycles. The van der Waals surface area contributed by atoms with Crippen LogP contribution in [-0.2, 0) is 11.0 Å². The van der Waals surface area contributed by atoms with Crippen molar-refractivity contribution in [2.24, 2.45) is 23.7 Å². The number of carbonyl (C=O) groups excluding carboxylic acids is 1. The van der Waals surface area contributed by atoms with Gasteiger partial charge in [-0.25, -0.2) is 4.98 Å². The molecule has 0 unspecified atom stereocenters. The van der Waals surface area contributed by atoms with E-state index in [0.717, 1.165) is 55.8 Å². The monoisotopic (exact) mass is 383 g/mol. The zero-order chi connectivity index (χ0) is 19.4. The molecule has 2 saturated carbocycles. The van der Waals surface area contributed by atoms with Crippen LogP contribution < -0.4 is 4.74 Å². The molecule has 3 rings (SSSR count). The fraction of sp³-hybridized carbons (Fsp3) is 0.714. The van der Waals surface area contributed by atoms with Gasteiger partial charge < -0.3 is 4.74 Å². The van der Waals surface area contributed by atoms with Crippen molar-refractivity contribution in [3.8, 4) is 5.75 Å². The third-order valence-corrected chi connectivity index (χ3v) is 6.49. The van der Waals surface area contributed by atoms with Gasteiger partial charge in [-0.3, -0.25) is 4.79 Å². The summed E-state index contributed by atoms with van der Waals surface area (Å²) >= 11 is 0. The summed E-state index contributed by atoms with van der Waals surface area (Å²) in [5.74, 6) is 1.97. The zero-order valence-corrected chi connectivity index (χ0v) is 15.8. The predicted octanol–water partition coefficient (Wildman–Crippen LogP) is 6.03. The van der Waals surface area contributed by atoms with Crippen molar-refractivity contribution < 1.29 is 22.7 Å². The molecular formula is C21H28F3NO2. The molecule has 0 aliphatic heterocycles. The molecule has 6 heteroatoms. The van der Waals surface area contributed by atoms with Gasteiger partial charge in [-0.1, -0.05) is 26.2 Å². The van der Waals surface area contributed by atoms with E-state index in [9.17, 15) is 18.0 Å². The fourth-order valence-electron chi connectivity index (χ4n) is 4.70. The summed E-state index contributed by atoms with van der Waals surface area (Å²) in [4.78, 5) is 15.7. The molecule has 1 aromatic rings. The second-order valence-corrected chi connectivity index (χ2v) is 8.10. The van der Waals surface area contributed by atoms with Gasteiger partial charge in [-0.2, -0.15) is 13.2 Å². The first-order valence-electron chi connectivity index (χ1n) is 10.1. The molecule has 0 bridgehead atoms. The first-order valence-corrected chi connectivity index (χ1v) is 10.1. The second kappa shape index (κ2) is 8.61. The van der Waals surface area contributed by atoms with Crippen LogP contribution in [0.3, 0.4) is 0 Å². The average molecular weight is 383 g/mol. The molecule has 150 valence electrons. The van der Waals surface area contributed by atoms with Crippen LogP contribution in [0, 0.1) is 23.7 Å². The summed E-state index contributed by atoms with van der Waals surface area (Å²) in [6.45, 7) is 2.27. The van der Waals surface area contributed by atoms with Gasteiger partial charge in [-0.15, -0.1) is 0 Å². The molecule has 0 amide bonds. The van der Waals surface area contributed by atoms with E-state index in [1.165, 1.54) is 32.1 Å². The molecule has 3 nitrogen and oxygen atoms in total. The van der Waals surface area contributed by atoms with E-state index in [1.807, 2.05) is 0 Å². The maximum absolute atomic E-state index is 12.5. The number of esters is 1. The fourth-order valence-corrected chi connectivity index (χ4v) is 4.70. The van der Waals surface area contributed by atoms with E-state index in [1.54, 1.807) is 0 Å². The number of rotatable bonds is 4. The Kier molecular flexibility index (Phi) is 6.43. The van der Waals surface area contributed by atoms with Crippen LogP contribution in [0.15, 0.2) is 18.3 Å². The van der Waals surface area contributed by atoms with Gasteiger partial charge >= 0.3 is 12.1 Å². The average Bonchev–Trinajstić information content (AvgIpc) is 2.68. The molecule has 2 fully saturated rings. The van der Waals surface area contributed by atoms with Crippen molar-refractivity contribution in [1.82, 2.24) is 4.98 Å². The number of hydrogen-bond acceptors (Lipinski definition) is 3. The lowest BCUT2D eigenvalue weighted by atomic mass is 9.69. The lowest BCUT2D eigenvalue weighted by Crippen LogP contribution is -2.30. The van der Waals surface area contributed by atoms with Gasteiger partial charge in [-0.05, 0) is 68.4 Å². The SMILES string of the molecule is CC[C@H]1CC[C@H](C2CCC(C(=O)Oc3ccc(C(F)(F)F)nc3)CC2)CC1. The van der Waals surface area contributed by atoms with Crippen molar-refractivity contribution in [1.29, 1.82) is 0 Å². The van der Waals surface area contributed by atoms with Crippen LogP contribution in [0.2, 0.25) is 0 Å². The zero-order valence-electron chi connectivity index (χ0n) is 15.8. The van der Waals surface area contributed by atoms with Gasteiger partial charge in [0.1, 0.15) is 11.4 Å². The standard InChI is InChI=1S/C21H28F3NO2/c1-2-14-3-5-15(6-4-14)16-7-9-17(10-8-16)20(26)27-18-11-12-19(25-13-18)21(22,23)24/h11-17H,2-10H2,1H3/t14-,15-,16?,17?. The number of alkyl halides is 3. The number of pyridine rings is 1. The Morgan fingerprint density at radius 2 is 1.63 bits per heavy atom. The van der Waals surface area contributed by atoms with E-state index < -0.39 is 11.9 Å². The minimum Gasteiger partial charge on any atom is -0.425 e. The topological polar surface area (TPSA) is 39.2 Å². The molecule has 0 N–H and O–H groups in total. The van der Waals surface area contributed by atoms with Crippen LogP contribution in [-0.4, -0.2) is 11.0 Å². The summed E-state index contributed by atoms with van der Waals surface area (Å²) < 4.78 is 42.9. The molecule has 1 aromatic heterocycles. The summed E-state index contributed by atoms with van der Waals surface area (Å²) in [5.41, 5.74) is -0.986. The Hall–Kier alpha value is -1.59. The first-order chi connectivity index (χ1) is 12.9. The summed E-state index contributed by atoms with van der Waals surface area (Å²) in [6.07, 6.45) is 6.79. The van der Waals surface area contributed by atoms with Crippen LogP contribution >= 0.6 is 0 Å². The molecule has 0 radical (unpaired) electrons. The highest BCUT2D eigenvalue weighted by molar-refractivity contribution is 5.75. The highest BCUT2D eigenvalue weighted by Crippen LogP contribution is 2.42. The molecule has 0 saturated heterocycles. The minimum absolute atomic E-state index is 0.0769. The molecule has 2 aliphatic rings. The second-order valence-electron chi connectivity index (χ2n) is 8.10. The minimum atomic E-state index is -4.49. The third kappa shape index (κ3) is 5.23. The van der Waals surface area contributed by atoms with Gasteiger partial charge in [0.25, 0.3) is 0 Å². The van der Waals surface area contributed by atoms with Crippen molar-refractivity contribution in [2.45, 2.75) is 70.9 Å². The molecular weight excluding hydrogens is 355 g/mol. The van der Waals surface area contributed by atoms with Crippen molar-refractivity contribution in [3.63, 3.8) is 0 Å². The summed E-state index contributed by atoms with van der Waals surface area (Å²) in [7, 11) is 0. The molecule has 0 spiro atoms. The smallest absolute Gasteiger partial charge is 0.425 e. The Bertz CT molecular complexity index is 613. The number of carbonyl (C=O) groups is 1. The third-order valence-electron chi connectivity index (χ3n) is 6.49. The highest BCUT2D eigenvalue weighted by atomic mass is 19.4. The van der Waals surface area contributed by atoms with Crippen molar-refractivity contribution >= 4 is 5.97 Å². The Morgan fingerprint density at radius 1 is 1.04 bits per heavy atom. The van der Waals surface area contributed by atoms with Crippen LogP contribution in [0.4, 0.5) is 13.2 Å². The molecule has 0 atom stereocenters. The van der Waals surface area contributed by atoms with E-state index in [-0.39, 0.29) is 17.6 Å². The number of halogens is 3. The quantitative estimate of drug-likeness (QED) is 0.596. The first kappa shape index (κ1) is 20.2.